The molecule has 2 rings (SSSR count). The first-order valence-corrected chi connectivity index (χ1v) is 7.95. The van der Waals surface area contributed by atoms with Crippen molar-refractivity contribution in [2.24, 2.45) is 5.10 Å². The number of anilines is 1. The van der Waals surface area contributed by atoms with Gasteiger partial charge in [0.15, 0.2) is 17.5 Å². The van der Waals surface area contributed by atoms with Gasteiger partial charge in [-0.2, -0.15) is 5.10 Å². The fourth-order valence-corrected chi connectivity index (χ4v) is 2.44. The topological polar surface area (TPSA) is 121 Å². The Balaban J connectivity index is 2.27. The largest absolute Gasteiger partial charge is 0.481 e. The highest BCUT2D eigenvalue weighted by atomic mass is 35.5. The lowest BCUT2D eigenvalue weighted by Crippen LogP contribution is -2.10. The number of rotatable bonds is 7. The molecule has 2 aromatic rings. The molecule has 0 spiro atoms. The minimum atomic E-state index is -1.38. The lowest BCUT2D eigenvalue weighted by Gasteiger charge is -2.10. The molecule has 0 amide bonds. The maximum atomic E-state index is 11.1. The number of ether oxygens (including phenoxy) is 1. The minimum Gasteiger partial charge on any atom is -0.481 e. The molecule has 0 atom stereocenters. The first kappa shape index (κ1) is 19.8. The number of nitrogens with zero attached hydrogens (tertiary/aromatic N) is 2. The highest BCUT2D eigenvalue weighted by Crippen LogP contribution is 2.36. The van der Waals surface area contributed by atoms with Gasteiger partial charge in [0.2, 0.25) is 0 Å². The number of pyridine rings is 1. The van der Waals surface area contributed by atoms with Gasteiger partial charge in [-0.25, -0.2) is 14.6 Å². The molecule has 0 aliphatic heterocycles. The van der Waals surface area contributed by atoms with Crippen molar-refractivity contribution in [2.45, 2.75) is 0 Å². The summed E-state index contributed by atoms with van der Waals surface area (Å²) in [6.45, 7) is -0.516. The van der Waals surface area contributed by atoms with E-state index in [1.54, 1.807) is 24.3 Å². The molecule has 26 heavy (non-hydrogen) atoms. The van der Waals surface area contributed by atoms with E-state index in [0.29, 0.717) is 5.56 Å². The summed E-state index contributed by atoms with van der Waals surface area (Å²) in [7, 11) is 0. The van der Waals surface area contributed by atoms with Crippen LogP contribution >= 0.6 is 34.8 Å². The molecule has 8 nitrogen and oxygen atoms in total. The predicted molar refractivity (Wildman–Crippen MR) is 97.0 cm³/mol. The molecule has 3 N–H and O–H groups in total. The number of carbonyl (C=O) groups is 2. The van der Waals surface area contributed by atoms with Gasteiger partial charge in [0.25, 0.3) is 0 Å². The summed E-state index contributed by atoms with van der Waals surface area (Å²) in [6, 6.07) is 6.56. The zero-order valence-corrected chi connectivity index (χ0v) is 15.0. The number of hydrazone groups is 1. The normalized spacial score (nSPS) is 10.7. The lowest BCUT2D eigenvalue weighted by molar-refractivity contribution is -0.139. The molecule has 0 aliphatic carbocycles. The monoisotopic (exact) mass is 417 g/mol. The third-order valence-corrected chi connectivity index (χ3v) is 4.00. The minimum absolute atomic E-state index is 0.0362. The second kappa shape index (κ2) is 8.70. The highest BCUT2D eigenvalue weighted by Gasteiger charge is 2.20. The van der Waals surface area contributed by atoms with E-state index in [2.05, 4.69) is 15.5 Å². The Morgan fingerprint density at radius 1 is 1.19 bits per heavy atom. The van der Waals surface area contributed by atoms with Crippen LogP contribution in [0, 0.1) is 0 Å². The lowest BCUT2D eigenvalue weighted by atomic mass is 10.2. The van der Waals surface area contributed by atoms with Crippen LogP contribution in [0.25, 0.3) is 0 Å². The SMILES string of the molecule is O=C(O)COc1ccccc1/C=N/Nc1c(Cl)c(Cl)nc(C(=O)O)c1Cl. The summed E-state index contributed by atoms with van der Waals surface area (Å²) >= 11 is 17.7. The first-order valence-electron chi connectivity index (χ1n) is 6.81. The number of carboxylic acid groups (broad SMARTS) is 2. The molecule has 0 bridgehead atoms. The van der Waals surface area contributed by atoms with E-state index in [4.69, 9.17) is 49.8 Å². The number of halogens is 3. The average Bonchev–Trinajstić information content (AvgIpc) is 2.59. The molecule has 1 aromatic carbocycles. The fourth-order valence-electron chi connectivity index (χ4n) is 1.78. The molecular weight excluding hydrogens is 409 g/mol. The number of para-hydroxylation sites is 1. The van der Waals surface area contributed by atoms with E-state index in [-0.39, 0.29) is 26.6 Å². The van der Waals surface area contributed by atoms with Crippen molar-refractivity contribution in [3.8, 4) is 5.75 Å². The number of aliphatic carboxylic acids is 1. The maximum absolute atomic E-state index is 11.1. The molecule has 0 unspecified atom stereocenters. The number of aromatic carboxylic acids is 1. The van der Waals surface area contributed by atoms with Crippen LogP contribution in [0.15, 0.2) is 29.4 Å². The highest BCUT2D eigenvalue weighted by molar-refractivity contribution is 6.46. The number of aromatic nitrogens is 1. The summed E-state index contributed by atoms with van der Waals surface area (Å²) in [5.41, 5.74) is 2.45. The molecular formula is C15H10Cl3N3O5. The van der Waals surface area contributed by atoms with Gasteiger partial charge in [0, 0.05) is 5.56 Å². The number of nitrogens with one attached hydrogen (secondary N) is 1. The Labute approximate surface area is 162 Å². The van der Waals surface area contributed by atoms with E-state index >= 15 is 0 Å². The third-order valence-electron chi connectivity index (χ3n) is 2.89. The maximum Gasteiger partial charge on any atom is 0.356 e. The van der Waals surface area contributed by atoms with Crippen LogP contribution in [-0.4, -0.2) is 40.0 Å². The Bertz CT molecular complexity index is 889. The second-order valence-electron chi connectivity index (χ2n) is 4.65. The van der Waals surface area contributed by atoms with Gasteiger partial charge in [-0.3, -0.25) is 5.43 Å². The number of benzene rings is 1. The molecule has 0 aliphatic rings. The fraction of sp³-hybridized carbons (Fsp3) is 0.0667. The van der Waals surface area contributed by atoms with Gasteiger partial charge in [0.05, 0.1) is 11.9 Å². The average molecular weight is 419 g/mol. The van der Waals surface area contributed by atoms with Crippen molar-refractivity contribution in [1.29, 1.82) is 0 Å². The van der Waals surface area contributed by atoms with Gasteiger partial charge < -0.3 is 14.9 Å². The Morgan fingerprint density at radius 2 is 1.88 bits per heavy atom. The van der Waals surface area contributed by atoms with Crippen LogP contribution in [0.1, 0.15) is 16.1 Å². The predicted octanol–water partition coefficient (Wildman–Crippen LogP) is 3.65. The van der Waals surface area contributed by atoms with Gasteiger partial charge in [-0.1, -0.05) is 46.9 Å². The Kier molecular flexibility index (Phi) is 6.62. The van der Waals surface area contributed by atoms with E-state index in [0.717, 1.165) is 0 Å². The van der Waals surface area contributed by atoms with Crippen molar-refractivity contribution >= 4 is 58.6 Å². The quantitative estimate of drug-likeness (QED) is 0.356. The summed E-state index contributed by atoms with van der Waals surface area (Å²) in [6.07, 6.45) is 1.32. The summed E-state index contributed by atoms with van der Waals surface area (Å²) in [5.74, 6) is -2.22. The Hall–Kier alpha value is -2.55. The second-order valence-corrected chi connectivity index (χ2v) is 5.76. The molecule has 1 aromatic heterocycles. The van der Waals surface area contributed by atoms with E-state index in [9.17, 15) is 9.59 Å². The zero-order chi connectivity index (χ0) is 19.3. The van der Waals surface area contributed by atoms with Gasteiger partial charge in [-0.15, -0.1) is 0 Å². The summed E-state index contributed by atoms with van der Waals surface area (Å²) in [5, 5.41) is 21.0. The van der Waals surface area contributed by atoms with E-state index in [1.165, 1.54) is 6.21 Å². The molecule has 0 saturated heterocycles. The molecule has 11 heteroatoms. The third kappa shape index (κ3) is 4.75. The van der Waals surface area contributed by atoms with Crippen molar-refractivity contribution < 1.29 is 24.5 Å². The Morgan fingerprint density at radius 3 is 2.54 bits per heavy atom. The summed E-state index contributed by atoms with van der Waals surface area (Å²) < 4.78 is 5.14. The first-order chi connectivity index (χ1) is 12.3. The van der Waals surface area contributed by atoms with Gasteiger partial charge in [-0.05, 0) is 12.1 Å². The van der Waals surface area contributed by atoms with Crippen LogP contribution in [0.5, 0.6) is 5.75 Å². The smallest absolute Gasteiger partial charge is 0.356 e. The molecule has 0 fully saturated rings. The standard InChI is InChI=1S/C15H10Cl3N3O5/c16-10-12(11(17)14(18)20-13(10)15(24)25)21-19-5-7-3-1-2-4-8(7)26-6-9(22)23/h1-5H,6H2,(H,20,21)(H,22,23)(H,24,25)/b19-5+. The molecule has 0 radical (unpaired) electrons. The van der Waals surface area contributed by atoms with Crippen LogP contribution in [0.3, 0.4) is 0 Å². The van der Waals surface area contributed by atoms with Gasteiger partial charge in [0.1, 0.15) is 15.8 Å². The van der Waals surface area contributed by atoms with Gasteiger partial charge >= 0.3 is 11.9 Å². The number of carboxylic acids is 2. The van der Waals surface area contributed by atoms with Crippen LogP contribution < -0.4 is 10.2 Å². The molecule has 0 saturated carbocycles. The van der Waals surface area contributed by atoms with Crippen LogP contribution in [0.4, 0.5) is 5.69 Å². The van der Waals surface area contributed by atoms with Crippen molar-refractivity contribution in [1.82, 2.24) is 4.98 Å². The van der Waals surface area contributed by atoms with Crippen molar-refractivity contribution in [3.63, 3.8) is 0 Å². The molecule has 136 valence electrons. The van der Waals surface area contributed by atoms with Crippen molar-refractivity contribution in [3.05, 3.63) is 50.7 Å². The van der Waals surface area contributed by atoms with Crippen LogP contribution in [-0.2, 0) is 4.79 Å². The zero-order valence-electron chi connectivity index (χ0n) is 12.7. The number of hydrogen-bond donors (Lipinski definition) is 3. The van der Waals surface area contributed by atoms with Crippen molar-refractivity contribution in [2.75, 3.05) is 12.0 Å². The summed E-state index contributed by atoms with van der Waals surface area (Å²) in [4.78, 5) is 25.3. The molecule has 1 heterocycles. The van der Waals surface area contributed by atoms with E-state index in [1.807, 2.05) is 0 Å². The number of hydrogen-bond acceptors (Lipinski definition) is 6. The van der Waals surface area contributed by atoms with Crippen LogP contribution in [0.2, 0.25) is 15.2 Å². The van der Waals surface area contributed by atoms with E-state index < -0.39 is 24.2 Å².